The van der Waals surface area contributed by atoms with Crippen molar-refractivity contribution in [3.63, 3.8) is 0 Å². The number of hydrogen-bond acceptors (Lipinski definition) is 5. The molecule has 3 aromatic rings. The molecule has 4 rings (SSSR count). The van der Waals surface area contributed by atoms with Crippen molar-refractivity contribution < 1.29 is 13.9 Å². The highest BCUT2D eigenvalue weighted by Gasteiger charge is 2.27. The van der Waals surface area contributed by atoms with Gasteiger partial charge in [0.1, 0.15) is 23.2 Å². The number of hydrogen-bond donors (Lipinski definition) is 0. The lowest BCUT2D eigenvalue weighted by Gasteiger charge is -2.38. The summed E-state index contributed by atoms with van der Waals surface area (Å²) in [6.45, 7) is 5.29. The molecule has 35 heavy (non-hydrogen) atoms. The highest BCUT2D eigenvalue weighted by atomic mass is 16.5. The van der Waals surface area contributed by atoms with Crippen LogP contribution in [0.4, 0.5) is 0 Å². The van der Waals surface area contributed by atoms with Gasteiger partial charge in [0.15, 0.2) is 0 Å². The van der Waals surface area contributed by atoms with Gasteiger partial charge in [-0.1, -0.05) is 43.2 Å². The van der Waals surface area contributed by atoms with E-state index in [4.69, 9.17) is 20.3 Å². The lowest BCUT2D eigenvalue weighted by atomic mass is 9.95. The Morgan fingerprint density at radius 3 is 2.60 bits per heavy atom. The molecule has 1 aromatic heterocycles. The maximum Gasteiger partial charge on any atom is 0.340 e. The summed E-state index contributed by atoms with van der Waals surface area (Å²) in [5.74, 6) is 3.97. The molecular formula is C30H31NO4. The third-order valence-corrected chi connectivity index (χ3v) is 6.16. The number of fused-ring (bicyclic) bond motifs is 1. The van der Waals surface area contributed by atoms with Gasteiger partial charge in [-0.25, -0.2) is 4.79 Å². The first-order valence-electron chi connectivity index (χ1n) is 12.0. The van der Waals surface area contributed by atoms with Gasteiger partial charge in [-0.3, -0.25) is 4.90 Å². The van der Waals surface area contributed by atoms with Gasteiger partial charge in [0.2, 0.25) is 0 Å². The molecule has 0 unspecified atom stereocenters. The monoisotopic (exact) mass is 469 g/mol. The van der Waals surface area contributed by atoms with E-state index < -0.39 is 0 Å². The van der Waals surface area contributed by atoms with Crippen LogP contribution in [-0.4, -0.2) is 37.7 Å². The van der Waals surface area contributed by atoms with Gasteiger partial charge in [0.25, 0.3) is 0 Å². The van der Waals surface area contributed by atoms with E-state index in [2.05, 4.69) is 29.9 Å². The third-order valence-electron chi connectivity index (χ3n) is 6.16. The second-order valence-electron chi connectivity index (χ2n) is 8.69. The molecule has 0 radical (unpaired) electrons. The minimum Gasteiger partial charge on any atom is -0.497 e. The SMILES string of the molecule is C#C/C=C\C=C/Cc1c(Cc2ccc(OC3CN(CCC)C3)cc2)c2ccc(OC)cc2oc1=O. The van der Waals surface area contributed by atoms with Gasteiger partial charge in [0, 0.05) is 30.1 Å². The Hall–Kier alpha value is -3.75. The minimum absolute atomic E-state index is 0.256. The van der Waals surface area contributed by atoms with Crippen molar-refractivity contribution in [3.05, 3.63) is 93.9 Å². The van der Waals surface area contributed by atoms with Gasteiger partial charge in [-0.05, 0) is 67.3 Å². The summed E-state index contributed by atoms with van der Waals surface area (Å²) in [7, 11) is 1.59. The Balaban J connectivity index is 1.58. The normalized spacial score (nSPS) is 14.4. The molecule has 0 amide bonds. The van der Waals surface area contributed by atoms with Crippen LogP contribution in [0.2, 0.25) is 0 Å². The second kappa shape index (κ2) is 11.6. The van der Waals surface area contributed by atoms with Crippen LogP contribution in [0.1, 0.15) is 30.0 Å². The van der Waals surface area contributed by atoms with E-state index in [1.165, 1.54) is 6.42 Å². The Labute approximate surface area is 206 Å². The molecule has 2 heterocycles. The predicted molar refractivity (Wildman–Crippen MR) is 140 cm³/mol. The molecule has 0 spiro atoms. The number of ether oxygens (including phenoxy) is 2. The van der Waals surface area contributed by atoms with E-state index in [1.54, 1.807) is 25.3 Å². The van der Waals surface area contributed by atoms with Gasteiger partial charge >= 0.3 is 5.63 Å². The molecule has 2 aromatic carbocycles. The van der Waals surface area contributed by atoms with Crippen molar-refractivity contribution in [3.8, 4) is 23.8 Å². The summed E-state index contributed by atoms with van der Waals surface area (Å²) in [4.78, 5) is 15.3. The fourth-order valence-electron chi connectivity index (χ4n) is 4.37. The fraction of sp³-hybridized carbons (Fsp3) is 0.300. The predicted octanol–water partition coefficient (Wildman–Crippen LogP) is 5.15. The molecule has 5 heteroatoms. The zero-order chi connectivity index (χ0) is 24.6. The van der Waals surface area contributed by atoms with Crippen molar-refractivity contribution >= 4 is 11.0 Å². The Morgan fingerprint density at radius 2 is 1.89 bits per heavy atom. The molecule has 0 saturated carbocycles. The molecule has 5 nitrogen and oxygen atoms in total. The Morgan fingerprint density at radius 1 is 1.11 bits per heavy atom. The summed E-state index contributed by atoms with van der Waals surface area (Å²) in [5.41, 5.74) is 2.86. The maximum atomic E-state index is 12.9. The van der Waals surface area contributed by atoms with Crippen LogP contribution < -0.4 is 15.1 Å². The smallest absolute Gasteiger partial charge is 0.340 e. The average Bonchev–Trinajstić information content (AvgIpc) is 2.84. The van der Waals surface area contributed by atoms with Gasteiger partial charge < -0.3 is 13.9 Å². The van der Waals surface area contributed by atoms with Crippen molar-refractivity contribution in [2.24, 2.45) is 0 Å². The molecule has 1 fully saturated rings. The summed E-state index contributed by atoms with van der Waals surface area (Å²) < 4.78 is 17.1. The molecule has 0 bridgehead atoms. The first-order valence-corrected chi connectivity index (χ1v) is 12.0. The second-order valence-corrected chi connectivity index (χ2v) is 8.69. The number of likely N-dealkylation sites (tertiary alicyclic amines) is 1. The molecule has 1 saturated heterocycles. The van der Waals surface area contributed by atoms with E-state index in [0.717, 1.165) is 41.9 Å². The number of benzene rings is 2. The number of rotatable bonds is 10. The highest BCUT2D eigenvalue weighted by molar-refractivity contribution is 5.83. The van der Waals surface area contributed by atoms with Gasteiger partial charge in [-0.2, -0.15) is 0 Å². The first-order chi connectivity index (χ1) is 17.1. The van der Waals surface area contributed by atoms with Gasteiger partial charge in [0.05, 0.1) is 7.11 Å². The number of methoxy groups -OCH3 is 1. The van der Waals surface area contributed by atoms with Crippen LogP contribution in [-0.2, 0) is 12.8 Å². The van der Waals surface area contributed by atoms with E-state index in [9.17, 15) is 4.79 Å². The Bertz CT molecular complexity index is 1310. The Kier molecular flexibility index (Phi) is 8.07. The number of terminal acetylenes is 1. The van der Waals surface area contributed by atoms with Crippen LogP contribution in [0.15, 0.2) is 76.0 Å². The molecule has 1 aliphatic heterocycles. The maximum absolute atomic E-state index is 12.9. The topological polar surface area (TPSA) is 51.9 Å². The largest absolute Gasteiger partial charge is 0.497 e. The summed E-state index contributed by atoms with van der Waals surface area (Å²) >= 11 is 0. The molecule has 0 atom stereocenters. The molecule has 0 N–H and O–H groups in total. The number of allylic oxidation sites excluding steroid dienone is 4. The molecular weight excluding hydrogens is 438 g/mol. The summed E-state index contributed by atoms with van der Waals surface area (Å²) in [6, 6.07) is 13.8. The third kappa shape index (κ3) is 6.03. The number of nitrogens with zero attached hydrogens (tertiary/aromatic N) is 1. The fourth-order valence-corrected chi connectivity index (χ4v) is 4.37. The van der Waals surface area contributed by atoms with Gasteiger partial charge in [-0.15, -0.1) is 6.42 Å². The summed E-state index contributed by atoms with van der Waals surface area (Å²) in [5, 5.41) is 0.902. The lowest BCUT2D eigenvalue weighted by Crippen LogP contribution is -2.53. The zero-order valence-corrected chi connectivity index (χ0v) is 20.3. The van der Waals surface area contributed by atoms with Crippen molar-refractivity contribution in [2.75, 3.05) is 26.7 Å². The van der Waals surface area contributed by atoms with E-state index in [1.807, 2.05) is 36.4 Å². The first kappa shape index (κ1) is 24.4. The average molecular weight is 470 g/mol. The quantitative estimate of drug-likeness (QED) is 0.233. The van der Waals surface area contributed by atoms with Crippen molar-refractivity contribution in [2.45, 2.75) is 32.3 Å². The van der Waals surface area contributed by atoms with Crippen molar-refractivity contribution in [1.29, 1.82) is 0 Å². The zero-order valence-electron chi connectivity index (χ0n) is 20.3. The van der Waals surface area contributed by atoms with Crippen LogP contribution in [0.25, 0.3) is 11.0 Å². The summed E-state index contributed by atoms with van der Waals surface area (Å²) in [6.07, 6.45) is 14.9. The van der Waals surface area contributed by atoms with Crippen LogP contribution in [0.5, 0.6) is 11.5 Å². The van der Waals surface area contributed by atoms with Crippen molar-refractivity contribution in [1.82, 2.24) is 4.90 Å². The van der Waals surface area contributed by atoms with E-state index in [0.29, 0.717) is 29.7 Å². The van der Waals surface area contributed by atoms with E-state index in [-0.39, 0.29) is 11.7 Å². The molecule has 1 aliphatic rings. The van der Waals surface area contributed by atoms with E-state index >= 15 is 0 Å². The van der Waals surface area contributed by atoms with Crippen LogP contribution in [0, 0.1) is 12.3 Å². The van der Waals surface area contributed by atoms with Crippen LogP contribution >= 0.6 is 0 Å². The lowest BCUT2D eigenvalue weighted by molar-refractivity contribution is 0.0202. The van der Waals surface area contributed by atoms with Crippen LogP contribution in [0.3, 0.4) is 0 Å². The molecule has 180 valence electrons. The highest BCUT2D eigenvalue weighted by Crippen LogP contribution is 2.28. The minimum atomic E-state index is -0.340. The molecule has 0 aliphatic carbocycles. The standard InChI is InChI=1S/C30H31NO4/c1-4-6-7-8-9-10-27-28(26-16-15-24(33-3)19-29(26)35-30(27)32)18-22-11-13-23(14-12-22)34-25-20-31(21-25)17-5-2/h1,6-9,11-16,19,25H,5,10,17-18,20-21H2,2-3H3/b7-6-,9-8-.